The predicted octanol–water partition coefficient (Wildman–Crippen LogP) is 0.992. The molecule has 0 spiro atoms. The van der Waals surface area contributed by atoms with Crippen molar-refractivity contribution >= 4 is 11.7 Å². The second-order valence-electron chi connectivity index (χ2n) is 3.54. The molecule has 0 aromatic carbocycles. The van der Waals surface area contributed by atoms with Crippen LogP contribution in [0.4, 0.5) is 0 Å². The van der Waals surface area contributed by atoms with Gasteiger partial charge in [0.05, 0.1) is 5.92 Å². The molecule has 1 unspecified atom stereocenters. The summed E-state index contributed by atoms with van der Waals surface area (Å²) in [5.74, 6) is -0.560. The minimum atomic E-state index is -0.791. The van der Waals surface area contributed by atoms with Crippen LogP contribution >= 0.6 is 0 Å². The molecule has 0 saturated carbocycles. The van der Waals surface area contributed by atoms with E-state index in [2.05, 4.69) is 9.97 Å². The maximum absolute atomic E-state index is 10.7. The van der Waals surface area contributed by atoms with Gasteiger partial charge >= 0.3 is 5.97 Å². The first-order chi connectivity index (χ1) is 7.16. The molecule has 0 amide bonds. The number of carboxylic acid groups (broad SMARTS) is 1. The van der Waals surface area contributed by atoms with E-state index < -0.39 is 11.9 Å². The normalized spacial score (nSPS) is 12.9. The quantitative estimate of drug-likeness (QED) is 0.811. The highest BCUT2D eigenvalue weighted by atomic mass is 16.4. The second-order valence-corrected chi connectivity index (χ2v) is 3.54. The molecule has 2 rings (SSSR count). The van der Waals surface area contributed by atoms with Crippen LogP contribution in [-0.2, 0) is 11.2 Å². The van der Waals surface area contributed by atoms with E-state index >= 15 is 0 Å². The number of aromatic nitrogens is 3. The van der Waals surface area contributed by atoms with Crippen molar-refractivity contribution in [2.45, 2.75) is 13.3 Å². The van der Waals surface area contributed by atoms with Gasteiger partial charge < -0.3 is 5.11 Å². The summed E-state index contributed by atoms with van der Waals surface area (Å²) in [6.45, 7) is 1.68. The van der Waals surface area contributed by atoms with E-state index in [9.17, 15) is 4.79 Å². The summed E-state index contributed by atoms with van der Waals surface area (Å²) in [5, 5.41) is 8.78. The summed E-state index contributed by atoms with van der Waals surface area (Å²) in [7, 11) is 0. The van der Waals surface area contributed by atoms with E-state index in [-0.39, 0.29) is 0 Å². The lowest BCUT2D eigenvalue weighted by Gasteiger charge is -2.05. The van der Waals surface area contributed by atoms with Crippen LogP contribution < -0.4 is 0 Å². The molecule has 2 aromatic heterocycles. The Morgan fingerprint density at radius 1 is 1.60 bits per heavy atom. The highest BCUT2D eigenvalue weighted by Crippen LogP contribution is 2.08. The smallest absolute Gasteiger partial charge is 0.306 e. The average molecular weight is 205 g/mol. The lowest BCUT2D eigenvalue weighted by atomic mass is 10.0. The van der Waals surface area contributed by atoms with E-state index in [1.54, 1.807) is 29.9 Å². The molecule has 1 atom stereocenters. The predicted molar refractivity (Wildman–Crippen MR) is 53.5 cm³/mol. The molecule has 0 aliphatic heterocycles. The van der Waals surface area contributed by atoms with Crippen LogP contribution in [0.5, 0.6) is 0 Å². The number of hydrogen-bond donors (Lipinski definition) is 1. The van der Waals surface area contributed by atoms with Crippen LogP contribution in [-0.4, -0.2) is 25.4 Å². The van der Waals surface area contributed by atoms with E-state index in [1.165, 1.54) is 0 Å². The minimum Gasteiger partial charge on any atom is -0.481 e. The van der Waals surface area contributed by atoms with Gasteiger partial charge in [0.25, 0.3) is 0 Å². The third kappa shape index (κ3) is 1.96. The van der Waals surface area contributed by atoms with Crippen molar-refractivity contribution in [3.63, 3.8) is 0 Å². The van der Waals surface area contributed by atoms with Gasteiger partial charge in [-0.3, -0.25) is 9.20 Å². The standard InChI is InChI=1S/C10H11N3O2/c1-7(9(14)15)4-8-5-12-10-11-2-3-13(10)6-8/h2-3,5-7H,4H2,1H3,(H,14,15). The number of imidazole rings is 1. The first-order valence-electron chi connectivity index (χ1n) is 4.67. The summed E-state index contributed by atoms with van der Waals surface area (Å²) in [6, 6.07) is 0. The lowest BCUT2D eigenvalue weighted by Crippen LogP contribution is -2.12. The zero-order chi connectivity index (χ0) is 10.8. The van der Waals surface area contributed by atoms with Gasteiger partial charge in [0.15, 0.2) is 0 Å². The molecule has 2 heterocycles. The molecule has 0 radical (unpaired) electrons. The molecular formula is C10H11N3O2. The Bertz CT molecular complexity index is 492. The number of carboxylic acids is 1. The fourth-order valence-electron chi connectivity index (χ4n) is 1.40. The van der Waals surface area contributed by atoms with E-state index in [4.69, 9.17) is 5.11 Å². The summed E-state index contributed by atoms with van der Waals surface area (Å²) >= 11 is 0. The van der Waals surface area contributed by atoms with Gasteiger partial charge in [0.1, 0.15) is 0 Å². The van der Waals surface area contributed by atoms with Crippen molar-refractivity contribution in [2.24, 2.45) is 5.92 Å². The molecule has 15 heavy (non-hydrogen) atoms. The van der Waals surface area contributed by atoms with E-state index in [1.807, 2.05) is 6.20 Å². The van der Waals surface area contributed by atoms with Gasteiger partial charge in [0.2, 0.25) is 5.78 Å². The Labute approximate surface area is 86.4 Å². The Morgan fingerprint density at radius 3 is 3.13 bits per heavy atom. The van der Waals surface area contributed by atoms with Gasteiger partial charge in [-0.25, -0.2) is 9.97 Å². The van der Waals surface area contributed by atoms with Crippen LogP contribution in [0.25, 0.3) is 5.78 Å². The second kappa shape index (κ2) is 3.68. The number of aliphatic carboxylic acids is 1. The highest BCUT2D eigenvalue weighted by Gasteiger charge is 2.12. The molecule has 0 saturated heterocycles. The molecule has 0 bridgehead atoms. The fourth-order valence-corrected chi connectivity index (χ4v) is 1.40. The van der Waals surface area contributed by atoms with Crippen molar-refractivity contribution in [3.05, 3.63) is 30.4 Å². The largest absolute Gasteiger partial charge is 0.481 e. The van der Waals surface area contributed by atoms with Crippen LogP contribution in [0.2, 0.25) is 0 Å². The maximum Gasteiger partial charge on any atom is 0.306 e. The van der Waals surface area contributed by atoms with Crippen LogP contribution in [0, 0.1) is 5.92 Å². The number of carbonyl (C=O) groups is 1. The molecule has 0 aliphatic carbocycles. The zero-order valence-corrected chi connectivity index (χ0v) is 8.29. The minimum absolute atomic E-state index is 0.396. The molecule has 0 aliphatic rings. The monoisotopic (exact) mass is 205 g/mol. The Balaban J connectivity index is 2.24. The topological polar surface area (TPSA) is 67.5 Å². The number of nitrogens with zero attached hydrogens (tertiary/aromatic N) is 3. The third-order valence-corrected chi connectivity index (χ3v) is 2.26. The van der Waals surface area contributed by atoms with E-state index in [0.29, 0.717) is 12.2 Å². The fraction of sp³-hybridized carbons (Fsp3) is 0.300. The Kier molecular flexibility index (Phi) is 2.37. The molecular weight excluding hydrogens is 194 g/mol. The summed E-state index contributed by atoms with van der Waals surface area (Å²) < 4.78 is 1.78. The van der Waals surface area contributed by atoms with Crippen molar-refractivity contribution in [1.82, 2.24) is 14.4 Å². The van der Waals surface area contributed by atoms with Crippen molar-refractivity contribution < 1.29 is 9.90 Å². The third-order valence-electron chi connectivity index (χ3n) is 2.26. The molecule has 0 fully saturated rings. The summed E-state index contributed by atoms with van der Waals surface area (Å²) in [6.07, 6.45) is 7.46. The van der Waals surface area contributed by atoms with Crippen molar-refractivity contribution in [1.29, 1.82) is 0 Å². The van der Waals surface area contributed by atoms with Gasteiger partial charge in [-0.15, -0.1) is 0 Å². The molecule has 2 aromatic rings. The first kappa shape index (κ1) is 9.64. The number of hydrogen-bond acceptors (Lipinski definition) is 3. The van der Waals surface area contributed by atoms with Gasteiger partial charge in [-0.05, 0) is 12.0 Å². The van der Waals surface area contributed by atoms with E-state index in [0.717, 1.165) is 5.56 Å². The summed E-state index contributed by atoms with van der Waals surface area (Å²) in [5.41, 5.74) is 0.899. The molecule has 5 nitrogen and oxygen atoms in total. The van der Waals surface area contributed by atoms with Crippen LogP contribution in [0.3, 0.4) is 0 Å². The maximum atomic E-state index is 10.7. The number of fused-ring (bicyclic) bond motifs is 1. The van der Waals surface area contributed by atoms with Crippen molar-refractivity contribution in [2.75, 3.05) is 0 Å². The Morgan fingerprint density at radius 2 is 2.40 bits per heavy atom. The SMILES string of the molecule is CC(Cc1cnc2nccn2c1)C(=O)O. The highest BCUT2D eigenvalue weighted by molar-refractivity contribution is 5.69. The zero-order valence-electron chi connectivity index (χ0n) is 8.29. The van der Waals surface area contributed by atoms with Crippen LogP contribution in [0.1, 0.15) is 12.5 Å². The van der Waals surface area contributed by atoms with Crippen molar-refractivity contribution in [3.8, 4) is 0 Å². The van der Waals surface area contributed by atoms with Gasteiger partial charge in [0, 0.05) is 24.8 Å². The first-order valence-corrected chi connectivity index (χ1v) is 4.67. The molecule has 1 N–H and O–H groups in total. The Hall–Kier alpha value is -1.91. The number of rotatable bonds is 3. The summed E-state index contributed by atoms with van der Waals surface area (Å²) in [4.78, 5) is 18.8. The molecule has 78 valence electrons. The molecule has 5 heteroatoms. The van der Waals surface area contributed by atoms with Crippen LogP contribution in [0.15, 0.2) is 24.8 Å². The van der Waals surface area contributed by atoms with Gasteiger partial charge in [-0.1, -0.05) is 6.92 Å². The lowest BCUT2D eigenvalue weighted by molar-refractivity contribution is -0.141. The van der Waals surface area contributed by atoms with Gasteiger partial charge in [-0.2, -0.15) is 0 Å². The average Bonchev–Trinajstić information content (AvgIpc) is 2.64.